The summed E-state index contributed by atoms with van der Waals surface area (Å²) in [4.78, 5) is 12.2. The van der Waals surface area contributed by atoms with E-state index in [1.165, 1.54) is 17.5 Å². The van der Waals surface area contributed by atoms with E-state index in [0.717, 1.165) is 0 Å². The van der Waals surface area contributed by atoms with Gasteiger partial charge in [-0.05, 0) is 48.5 Å². The molecule has 0 spiro atoms. The van der Waals surface area contributed by atoms with E-state index in [9.17, 15) is 4.79 Å². The van der Waals surface area contributed by atoms with Gasteiger partial charge in [-0.2, -0.15) is 5.10 Å². The lowest BCUT2D eigenvalue weighted by atomic mass is 10.3. The van der Waals surface area contributed by atoms with Crippen LogP contribution in [0.25, 0.3) is 0 Å². The normalized spacial score (nSPS) is 24.2. The monoisotopic (exact) mass is 357 g/mol. The van der Waals surface area contributed by atoms with Crippen molar-refractivity contribution in [3.63, 3.8) is 0 Å². The number of nitrogens with one attached hydrogen (secondary N) is 1. The van der Waals surface area contributed by atoms with Gasteiger partial charge in [0.25, 0.3) is 5.56 Å². The van der Waals surface area contributed by atoms with Crippen molar-refractivity contribution in [1.29, 1.82) is 0 Å². The van der Waals surface area contributed by atoms with Crippen LogP contribution in [0.3, 0.4) is 0 Å². The molecule has 0 bridgehead atoms. The van der Waals surface area contributed by atoms with Crippen LogP contribution >= 0.6 is 15.9 Å². The quantitative estimate of drug-likeness (QED) is 0.872. The number of nitrogens with zero attached hydrogens (tertiary/aromatic N) is 2. The lowest BCUT2D eigenvalue weighted by Crippen LogP contribution is -2.28. The van der Waals surface area contributed by atoms with Gasteiger partial charge in [0.1, 0.15) is 10.6 Å². The van der Waals surface area contributed by atoms with Crippen molar-refractivity contribution in [3.8, 4) is 0 Å². The zero-order valence-electron chi connectivity index (χ0n) is 12.3. The van der Waals surface area contributed by atoms with Crippen molar-refractivity contribution in [3.05, 3.63) is 21.0 Å². The van der Waals surface area contributed by atoms with Crippen LogP contribution in [-0.2, 0) is 16.0 Å². The Bertz CT molecular complexity index is 583. The van der Waals surface area contributed by atoms with Crippen LogP contribution in [0.1, 0.15) is 26.7 Å². The predicted molar refractivity (Wildman–Crippen MR) is 82.3 cm³/mol. The van der Waals surface area contributed by atoms with Crippen molar-refractivity contribution in [2.75, 3.05) is 18.5 Å². The topological polar surface area (TPSA) is 65.4 Å². The number of hydrogen-bond donors (Lipinski definition) is 1. The Kier molecular flexibility index (Phi) is 4.07. The Balaban J connectivity index is 1.63. The molecule has 1 atom stereocenters. The molecule has 1 unspecified atom stereocenters. The minimum Gasteiger partial charge on any atom is -0.380 e. The summed E-state index contributed by atoms with van der Waals surface area (Å²) in [6, 6.07) is 0. The lowest BCUT2D eigenvalue weighted by Gasteiger charge is -2.17. The molecule has 0 amide bonds. The van der Waals surface area contributed by atoms with Crippen molar-refractivity contribution < 1.29 is 9.47 Å². The fourth-order valence-corrected chi connectivity index (χ4v) is 2.80. The van der Waals surface area contributed by atoms with Crippen LogP contribution in [0, 0.1) is 5.92 Å². The van der Waals surface area contributed by atoms with Gasteiger partial charge in [-0.25, -0.2) is 4.68 Å². The fourth-order valence-electron chi connectivity index (χ4n) is 2.35. The van der Waals surface area contributed by atoms with Gasteiger partial charge in [0, 0.05) is 13.1 Å². The highest BCUT2D eigenvalue weighted by Crippen LogP contribution is 2.30. The minimum absolute atomic E-state index is 0.0270. The van der Waals surface area contributed by atoms with E-state index >= 15 is 0 Å². The predicted octanol–water partition coefficient (Wildman–Crippen LogP) is 1.98. The minimum atomic E-state index is -0.532. The highest BCUT2D eigenvalue weighted by atomic mass is 79.9. The largest absolute Gasteiger partial charge is 0.380 e. The molecule has 1 aromatic heterocycles. The Morgan fingerprint density at radius 3 is 2.90 bits per heavy atom. The van der Waals surface area contributed by atoms with E-state index in [2.05, 4.69) is 26.3 Å². The van der Waals surface area contributed by atoms with Crippen LogP contribution in [0.4, 0.5) is 5.69 Å². The third kappa shape index (κ3) is 3.64. The smallest absolute Gasteiger partial charge is 0.283 e. The summed E-state index contributed by atoms with van der Waals surface area (Å²) in [7, 11) is 0. The van der Waals surface area contributed by atoms with Crippen LogP contribution < -0.4 is 10.9 Å². The van der Waals surface area contributed by atoms with E-state index in [-0.39, 0.29) is 11.7 Å². The summed E-state index contributed by atoms with van der Waals surface area (Å²) >= 11 is 3.37. The molecule has 0 aromatic carbocycles. The lowest BCUT2D eigenvalue weighted by molar-refractivity contribution is -0.136. The Morgan fingerprint density at radius 1 is 1.52 bits per heavy atom. The average Bonchev–Trinajstić information content (AvgIpc) is 3.17. The maximum absolute atomic E-state index is 12.2. The SMILES string of the molecule is CC1(C)OCC(CNc2cnn(CC3CC3)c(=O)c2Br)O1. The highest BCUT2D eigenvalue weighted by Gasteiger charge is 2.32. The molecular formula is C14H20BrN3O3. The molecule has 0 radical (unpaired) electrons. The summed E-state index contributed by atoms with van der Waals surface area (Å²) in [6.07, 6.45) is 4.05. The molecule has 2 fully saturated rings. The molecule has 3 rings (SSSR count). The first-order valence-corrected chi connectivity index (χ1v) is 8.05. The Morgan fingerprint density at radius 2 is 2.29 bits per heavy atom. The maximum Gasteiger partial charge on any atom is 0.283 e. The molecular weight excluding hydrogens is 338 g/mol. The Hall–Kier alpha value is -0.920. The van der Waals surface area contributed by atoms with Crippen LogP contribution in [-0.4, -0.2) is 34.8 Å². The third-order valence-electron chi connectivity index (χ3n) is 3.70. The van der Waals surface area contributed by atoms with Gasteiger partial charge in [-0.15, -0.1) is 0 Å². The van der Waals surface area contributed by atoms with Gasteiger partial charge >= 0.3 is 0 Å². The van der Waals surface area contributed by atoms with Gasteiger partial charge in [0.2, 0.25) is 0 Å². The zero-order valence-corrected chi connectivity index (χ0v) is 13.9. The molecule has 1 aromatic rings. The molecule has 1 aliphatic heterocycles. The molecule has 2 heterocycles. The highest BCUT2D eigenvalue weighted by molar-refractivity contribution is 9.10. The summed E-state index contributed by atoms with van der Waals surface area (Å²) in [5.41, 5.74) is 0.608. The van der Waals surface area contributed by atoms with E-state index < -0.39 is 5.79 Å². The molecule has 1 saturated heterocycles. The molecule has 2 aliphatic rings. The second-order valence-corrected chi connectivity index (χ2v) is 6.93. The van der Waals surface area contributed by atoms with Gasteiger partial charge in [0.05, 0.1) is 18.5 Å². The standard InChI is InChI=1S/C14H20BrN3O3/c1-14(2)20-8-10(21-14)5-16-11-6-17-18(7-9-3-4-9)13(19)12(11)15/h6,9-10,16H,3-5,7-8H2,1-2H3. The van der Waals surface area contributed by atoms with Crippen LogP contribution in [0.2, 0.25) is 0 Å². The second-order valence-electron chi connectivity index (χ2n) is 6.13. The van der Waals surface area contributed by atoms with E-state index in [0.29, 0.717) is 35.8 Å². The van der Waals surface area contributed by atoms with E-state index in [1.807, 2.05) is 13.8 Å². The second kappa shape index (κ2) is 5.70. The number of aromatic nitrogens is 2. The van der Waals surface area contributed by atoms with Crippen molar-refractivity contribution in [2.24, 2.45) is 5.92 Å². The number of anilines is 1. The molecule has 7 heteroatoms. The number of halogens is 1. The van der Waals surface area contributed by atoms with Gasteiger partial charge in [-0.1, -0.05) is 0 Å². The number of ether oxygens (including phenoxy) is 2. The molecule has 1 N–H and O–H groups in total. The van der Waals surface area contributed by atoms with Gasteiger partial charge in [0.15, 0.2) is 5.79 Å². The first kappa shape index (κ1) is 15.0. The first-order valence-electron chi connectivity index (χ1n) is 7.26. The number of hydrogen-bond acceptors (Lipinski definition) is 5. The molecule has 1 aliphatic carbocycles. The van der Waals surface area contributed by atoms with Crippen molar-refractivity contribution >= 4 is 21.6 Å². The third-order valence-corrected chi connectivity index (χ3v) is 4.47. The van der Waals surface area contributed by atoms with E-state index in [1.54, 1.807) is 6.20 Å². The number of rotatable bonds is 5. The van der Waals surface area contributed by atoms with Gasteiger partial charge < -0.3 is 14.8 Å². The maximum atomic E-state index is 12.2. The molecule has 1 saturated carbocycles. The van der Waals surface area contributed by atoms with Crippen molar-refractivity contribution in [1.82, 2.24) is 9.78 Å². The fraction of sp³-hybridized carbons (Fsp3) is 0.714. The zero-order chi connectivity index (χ0) is 15.0. The summed E-state index contributed by atoms with van der Waals surface area (Å²) in [5, 5.41) is 7.43. The van der Waals surface area contributed by atoms with Gasteiger partial charge in [-0.3, -0.25) is 4.79 Å². The van der Waals surface area contributed by atoms with Crippen LogP contribution in [0.5, 0.6) is 0 Å². The van der Waals surface area contributed by atoms with Crippen molar-refractivity contribution in [2.45, 2.75) is 45.1 Å². The summed E-state index contributed by atoms with van der Waals surface area (Å²) in [5.74, 6) is 0.0855. The summed E-state index contributed by atoms with van der Waals surface area (Å²) in [6.45, 7) is 5.62. The van der Waals surface area contributed by atoms with Crippen LogP contribution in [0.15, 0.2) is 15.5 Å². The molecule has 21 heavy (non-hydrogen) atoms. The first-order chi connectivity index (χ1) is 9.94. The summed E-state index contributed by atoms with van der Waals surface area (Å²) < 4.78 is 13.3. The average molecular weight is 358 g/mol. The van der Waals surface area contributed by atoms with E-state index in [4.69, 9.17) is 9.47 Å². The molecule has 116 valence electrons. The molecule has 6 nitrogen and oxygen atoms in total. The Labute approximate surface area is 131 Å².